The lowest BCUT2D eigenvalue weighted by Gasteiger charge is -2.35. The van der Waals surface area contributed by atoms with Gasteiger partial charge < -0.3 is 14.7 Å². The van der Waals surface area contributed by atoms with E-state index in [9.17, 15) is 9.59 Å². The quantitative estimate of drug-likeness (QED) is 0.919. The topological polar surface area (TPSA) is 75.4 Å². The molecule has 0 spiro atoms. The first-order chi connectivity index (χ1) is 11.5. The molecule has 24 heavy (non-hydrogen) atoms. The fourth-order valence-corrected chi connectivity index (χ4v) is 4.00. The molecule has 2 heterocycles. The lowest BCUT2D eigenvalue weighted by Crippen LogP contribution is -2.57. The number of hydrogen-bond acceptors (Lipinski definition) is 4. The second-order valence-corrected chi connectivity index (χ2v) is 7.20. The van der Waals surface area contributed by atoms with E-state index in [0.29, 0.717) is 36.4 Å². The number of rotatable bonds is 4. The summed E-state index contributed by atoms with van der Waals surface area (Å²) in [5, 5.41) is 7.14. The highest BCUT2D eigenvalue weighted by molar-refractivity contribution is 6.01. The molecule has 1 N–H and O–H groups in total. The maximum Gasteiger partial charge on any atom is 0.260 e. The van der Waals surface area contributed by atoms with Crippen LogP contribution in [-0.4, -0.2) is 40.0 Å². The minimum Gasteiger partial charge on any atom is -0.361 e. The summed E-state index contributed by atoms with van der Waals surface area (Å²) < 4.78 is 5.21. The standard InChI is InChI=1S/C18H27N3O3/c1-4-14-15(12(2)24-20-14)16(22)21-11-7-10-18(21,3)17(23)19-13-8-5-6-9-13/h13H,4-11H2,1-3H3,(H,19,23). The average Bonchev–Trinajstić information content (AvgIpc) is 3.27. The number of carbonyl (C=O) groups excluding carboxylic acids is 2. The van der Waals surface area contributed by atoms with Crippen LogP contribution >= 0.6 is 0 Å². The fourth-order valence-electron chi connectivity index (χ4n) is 4.00. The first kappa shape index (κ1) is 17.0. The minimum absolute atomic E-state index is 0.0209. The molecule has 1 atom stereocenters. The van der Waals surface area contributed by atoms with Gasteiger partial charge in [-0.1, -0.05) is 24.9 Å². The van der Waals surface area contributed by atoms with Crippen LogP contribution in [-0.2, 0) is 11.2 Å². The highest BCUT2D eigenvalue weighted by Gasteiger charge is 2.47. The normalized spacial score (nSPS) is 24.5. The lowest BCUT2D eigenvalue weighted by molar-refractivity contribution is -0.130. The van der Waals surface area contributed by atoms with E-state index < -0.39 is 5.54 Å². The lowest BCUT2D eigenvalue weighted by atomic mass is 9.96. The van der Waals surface area contributed by atoms with Crippen molar-refractivity contribution in [1.82, 2.24) is 15.4 Å². The molecular weight excluding hydrogens is 306 g/mol. The van der Waals surface area contributed by atoms with Crippen LogP contribution in [0.2, 0.25) is 0 Å². The van der Waals surface area contributed by atoms with Crippen molar-refractivity contribution in [1.29, 1.82) is 0 Å². The Morgan fingerprint density at radius 2 is 2.04 bits per heavy atom. The van der Waals surface area contributed by atoms with Crippen molar-refractivity contribution >= 4 is 11.8 Å². The van der Waals surface area contributed by atoms with Crippen LogP contribution in [0, 0.1) is 6.92 Å². The van der Waals surface area contributed by atoms with Gasteiger partial charge in [-0.3, -0.25) is 9.59 Å². The molecule has 2 aliphatic rings. The summed E-state index contributed by atoms with van der Waals surface area (Å²) in [7, 11) is 0. The smallest absolute Gasteiger partial charge is 0.260 e. The highest BCUT2D eigenvalue weighted by Crippen LogP contribution is 2.33. The van der Waals surface area contributed by atoms with Gasteiger partial charge in [0.1, 0.15) is 16.9 Å². The van der Waals surface area contributed by atoms with Crippen LogP contribution in [0.4, 0.5) is 0 Å². The van der Waals surface area contributed by atoms with Gasteiger partial charge in [0.05, 0.1) is 5.69 Å². The van der Waals surface area contributed by atoms with E-state index in [-0.39, 0.29) is 17.9 Å². The molecule has 1 saturated carbocycles. The predicted molar refractivity (Wildman–Crippen MR) is 89.7 cm³/mol. The molecule has 2 fully saturated rings. The molecule has 1 aromatic heterocycles. The molecule has 0 aromatic carbocycles. The fraction of sp³-hybridized carbons (Fsp3) is 0.722. The predicted octanol–water partition coefficient (Wildman–Crippen LogP) is 2.60. The molecule has 0 radical (unpaired) electrons. The Balaban J connectivity index is 1.82. The molecule has 132 valence electrons. The molecule has 1 aromatic rings. The van der Waals surface area contributed by atoms with Crippen LogP contribution in [0.1, 0.15) is 74.2 Å². The maximum absolute atomic E-state index is 13.1. The van der Waals surface area contributed by atoms with E-state index >= 15 is 0 Å². The van der Waals surface area contributed by atoms with E-state index in [0.717, 1.165) is 19.3 Å². The van der Waals surface area contributed by atoms with Crippen molar-refractivity contribution in [2.75, 3.05) is 6.54 Å². The zero-order valence-corrected chi connectivity index (χ0v) is 14.9. The van der Waals surface area contributed by atoms with Crippen molar-refractivity contribution in [2.45, 2.75) is 77.3 Å². The maximum atomic E-state index is 13.1. The third-order valence-electron chi connectivity index (χ3n) is 5.55. The number of nitrogens with zero attached hydrogens (tertiary/aromatic N) is 2. The largest absolute Gasteiger partial charge is 0.361 e. The number of amides is 2. The SMILES string of the molecule is CCc1noc(C)c1C(=O)N1CCCC1(C)C(=O)NC1CCCC1. The molecule has 3 rings (SSSR count). The van der Waals surface area contributed by atoms with Crippen molar-refractivity contribution in [3.05, 3.63) is 17.0 Å². The molecule has 1 unspecified atom stereocenters. The Morgan fingerprint density at radius 3 is 2.71 bits per heavy atom. The van der Waals surface area contributed by atoms with Crippen molar-refractivity contribution in [3.63, 3.8) is 0 Å². The minimum atomic E-state index is -0.783. The molecule has 1 aliphatic heterocycles. The van der Waals surface area contributed by atoms with Gasteiger partial charge >= 0.3 is 0 Å². The van der Waals surface area contributed by atoms with Crippen LogP contribution in [0.3, 0.4) is 0 Å². The van der Waals surface area contributed by atoms with Gasteiger partial charge in [0, 0.05) is 12.6 Å². The summed E-state index contributed by atoms with van der Waals surface area (Å²) in [6.45, 7) is 6.19. The number of aromatic nitrogens is 1. The van der Waals surface area contributed by atoms with Crippen LogP contribution in [0.25, 0.3) is 0 Å². The Kier molecular flexibility index (Phi) is 4.65. The van der Waals surface area contributed by atoms with Gasteiger partial charge in [-0.05, 0) is 46.0 Å². The zero-order chi connectivity index (χ0) is 17.3. The average molecular weight is 333 g/mol. The Bertz CT molecular complexity index is 633. The monoisotopic (exact) mass is 333 g/mol. The van der Waals surface area contributed by atoms with Gasteiger partial charge in [-0.2, -0.15) is 0 Å². The van der Waals surface area contributed by atoms with E-state index in [4.69, 9.17) is 4.52 Å². The number of likely N-dealkylation sites (tertiary alicyclic amines) is 1. The molecule has 1 aliphatic carbocycles. The molecule has 0 bridgehead atoms. The number of carbonyl (C=O) groups is 2. The number of hydrogen-bond donors (Lipinski definition) is 1. The van der Waals surface area contributed by atoms with E-state index in [1.807, 2.05) is 13.8 Å². The first-order valence-corrected chi connectivity index (χ1v) is 9.05. The summed E-state index contributed by atoms with van der Waals surface area (Å²) in [5.41, 5.74) is 0.413. The second kappa shape index (κ2) is 6.57. The van der Waals surface area contributed by atoms with Crippen LogP contribution in [0.15, 0.2) is 4.52 Å². The summed E-state index contributed by atoms with van der Waals surface area (Å²) in [6.07, 6.45) is 6.60. The van der Waals surface area contributed by atoms with Crippen molar-refractivity contribution in [2.24, 2.45) is 0 Å². The van der Waals surface area contributed by atoms with Crippen molar-refractivity contribution in [3.8, 4) is 0 Å². The van der Waals surface area contributed by atoms with Gasteiger partial charge in [-0.25, -0.2) is 0 Å². The van der Waals surface area contributed by atoms with Crippen LogP contribution < -0.4 is 5.32 Å². The van der Waals surface area contributed by atoms with Crippen LogP contribution in [0.5, 0.6) is 0 Å². The van der Waals surface area contributed by atoms with Gasteiger partial charge in [0.25, 0.3) is 5.91 Å². The summed E-state index contributed by atoms with van der Waals surface area (Å²) in [4.78, 5) is 27.7. The Labute approximate surface area is 142 Å². The summed E-state index contributed by atoms with van der Waals surface area (Å²) in [6, 6.07) is 0.260. The van der Waals surface area contributed by atoms with Crippen molar-refractivity contribution < 1.29 is 14.1 Å². The number of nitrogens with one attached hydrogen (secondary N) is 1. The third-order valence-corrected chi connectivity index (χ3v) is 5.55. The van der Waals surface area contributed by atoms with E-state index in [1.54, 1.807) is 11.8 Å². The molecular formula is C18H27N3O3. The zero-order valence-electron chi connectivity index (χ0n) is 14.9. The van der Waals surface area contributed by atoms with E-state index in [1.165, 1.54) is 12.8 Å². The summed E-state index contributed by atoms with van der Waals surface area (Å²) >= 11 is 0. The molecule has 6 heteroatoms. The Morgan fingerprint density at radius 1 is 1.33 bits per heavy atom. The van der Waals surface area contributed by atoms with Gasteiger partial charge in [-0.15, -0.1) is 0 Å². The highest BCUT2D eigenvalue weighted by atomic mass is 16.5. The number of aryl methyl sites for hydroxylation is 2. The third kappa shape index (κ3) is 2.82. The van der Waals surface area contributed by atoms with E-state index in [2.05, 4.69) is 10.5 Å². The molecule has 6 nitrogen and oxygen atoms in total. The Hall–Kier alpha value is -1.85. The van der Waals surface area contributed by atoms with Gasteiger partial charge in [0.2, 0.25) is 5.91 Å². The van der Waals surface area contributed by atoms with Gasteiger partial charge in [0.15, 0.2) is 0 Å². The molecule has 2 amide bonds. The second-order valence-electron chi connectivity index (χ2n) is 7.20. The summed E-state index contributed by atoms with van der Waals surface area (Å²) in [5.74, 6) is 0.377. The molecule has 1 saturated heterocycles. The first-order valence-electron chi connectivity index (χ1n) is 9.05.